The Hall–Kier alpha value is -2.69. The maximum absolute atomic E-state index is 12.6. The Bertz CT molecular complexity index is 724. The minimum absolute atomic E-state index is 0.154. The Morgan fingerprint density at radius 1 is 0.833 bits per heavy atom. The summed E-state index contributed by atoms with van der Waals surface area (Å²) in [5.41, 5.74) is 1.55. The van der Waals surface area contributed by atoms with Gasteiger partial charge in [-0.1, -0.05) is 6.07 Å². The molecule has 5 nitrogen and oxygen atoms in total. The molecule has 0 fully saturated rings. The highest BCUT2D eigenvalue weighted by Gasteiger charge is 2.20. The minimum Gasteiger partial charge on any atom is -0.493 e. The zero-order valence-corrected chi connectivity index (χ0v) is 14.6. The van der Waals surface area contributed by atoms with E-state index in [1.807, 2.05) is 19.1 Å². The third kappa shape index (κ3) is 3.79. The minimum atomic E-state index is -0.667. The van der Waals surface area contributed by atoms with Crippen molar-refractivity contribution in [2.24, 2.45) is 0 Å². The van der Waals surface area contributed by atoms with Gasteiger partial charge in [0.1, 0.15) is 0 Å². The molecule has 2 rings (SSSR count). The van der Waals surface area contributed by atoms with E-state index in [1.165, 1.54) is 7.11 Å². The number of aryl methyl sites for hydroxylation is 1. The lowest BCUT2D eigenvalue weighted by atomic mass is 10.1. The summed E-state index contributed by atoms with van der Waals surface area (Å²) in [4.78, 5) is 12.6. The first-order chi connectivity index (χ1) is 11.5. The van der Waals surface area contributed by atoms with E-state index in [0.29, 0.717) is 28.6 Å². The summed E-state index contributed by atoms with van der Waals surface area (Å²) < 4.78 is 21.5. The summed E-state index contributed by atoms with van der Waals surface area (Å²) in [7, 11) is 4.65. The van der Waals surface area contributed by atoms with Crippen molar-refractivity contribution in [3.63, 3.8) is 0 Å². The first-order valence-electron chi connectivity index (χ1n) is 7.57. The number of ether oxygens (including phenoxy) is 4. The van der Waals surface area contributed by atoms with Crippen LogP contribution in [0.4, 0.5) is 0 Å². The van der Waals surface area contributed by atoms with Gasteiger partial charge in [0.25, 0.3) is 0 Å². The van der Waals surface area contributed by atoms with Gasteiger partial charge in [0, 0.05) is 5.56 Å². The molecule has 0 aliphatic carbocycles. The van der Waals surface area contributed by atoms with Gasteiger partial charge in [0.15, 0.2) is 29.1 Å². The summed E-state index contributed by atoms with van der Waals surface area (Å²) in [5, 5.41) is 0. The molecule has 0 N–H and O–H groups in total. The second-order valence-electron chi connectivity index (χ2n) is 5.35. The molecule has 5 heteroatoms. The number of ketones is 1. The standard InChI is InChI=1S/C19H22O5/c1-12-6-8-16(17(10-12)22-4)24-13(2)19(20)14-7-9-15(21-3)18(11-14)23-5/h6-11,13H,1-5H3. The molecular weight excluding hydrogens is 308 g/mol. The Kier molecular flexibility index (Phi) is 5.68. The van der Waals surface area contributed by atoms with Crippen molar-refractivity contribution in [3.05, 3.63) is 47.5 Å². The van der Waals surface area contributed by atoms with Crippen LogP contribution in [0.5, 0.6) is 23.0 Å². The highest BCUT2D eigenvalue weighted by molar-refractivity contribution is 6.00. The topological polar surface area (TPSA) is 54.0 Å². The third-order valence-corrected chi connectivity index (χ3v) is 3.66. The molecule has 0 amide bonds. The molecule has 1 atom stereocenters. The molecule has 0 aliphatic rings. The van der Waals surface area contributed by atoms with E-state index in [0.717, 1.165) is 5.56 Å². The number of carbonyl (C=O) groups excluding carboxylic acids is 1. The van der Waals surface area contributed by atoms with Crippen molar-refractivity contribution >= 4 is 5.78 Å². The molecule has 0 aromatic heterocycles. The summed E-state index contributed by atoms with van der Waals surface area (Å²) in [6, 6.07) is 10.6. The van der Waals surface area contributed by atoms with E-state index in [2.05, 4.69) is 0 Å². The average molecular weight is 330 g/mol. The van der Waals surface area contributed by atoms with Gasteiger partial charge < -0.3 is 18.9 Å². The molecule has 0 aliphatic heterocycles. The molecule has 1 unspecified atom stereocenters. The SMILES string of the molecule is COc1ccc(C(=O)C(C)Oc2ccc(C)cc2OC)cc1OC. The number of hydrogen-bond donors (Lipinski definition) is 0. The number of methoxy groups -OCH3 is 3. The van der Waals surface area contributed by atoms with Crippen LogP contribution >= 0.6 is 0 Å². The van der Waals surface area contributed by atoms with E-state index in [1.54, 1.807) is 45.4 Å². The summed E-state index contributed by atoms with van der Waals surface area (Å²) in [6.07, 6.45) is -0.667. The number of carbonyl (C=O) groups is 1. The molecule has 128 valence electrons. The van der Waals surface area contributed by atoms with Gasteiger partial charge in [0.2, 0.25) is 5.78 Å². The molecule has 0 saturated carbocycles. The highest BCUT2D eigenvalue weighted by atomic mass is 16.5. The van der Waals surface area contributed by atoms with Crippen LogP contribution in [-0.2, 0) is 0 Å². The maximum Gasteiger partial charge on any atom is 0.203 e. The summed E-state index contributed by atoms with van der Waals surface area (Å²) >= 11 is 0. The van der Waals surface area contributed by atoms with Gasteiger partial charge in [-0.15, -0.1) is 0 Å². The van der Waals surface area contributed by atoms with Crippen LogP contribution in [-0.4, -0.2) is 33.2 Å². The zero-order valence-electron chi connectivity index (χ0n) is 14.6. The fraction of sp³-hybridized carbons (Fsp3) is 0.316. The monoisotopic (exact) mass is 330 g/mol. The van der Waals surface area contributed by atoms with Gasteiger partial charge in [-0.2, -0.15) is 0 Å². The van der Waals surface area contributed by atoms with Crippen molar-refractivity contribution in [1.82, 2.24) is 0 Å². The molecule has 0 spiro atoms. The lowest BCUT2D eigenvalue weighted by molar-refractivity contribution is 0.0813. The van der Waals surface area contributed by atoms with Crippen molar-refractivity contribution in [2.75, 3.05) is 21.3 Å². The highest BCUT2D eigenvalue weighted by Crippen LogP contribution is 2.31. The second-order valence-corrected chi connectivity index (χ2v) is 5.35. The Morgan fingerprint density at radius 3 is 2.04 bits per heavy atom. The van der Waals surface area contributed by atoms with E-state index >= 15 is 0 Å². The molecular formula is C19H22O5. The van der Waals surface area contributed by atoms with Crippen LogP contribution in [0.2, 0.25) is 0 Å². The van der Waals surface area contributed by atoms with E-state index < -0.39 is 6.10 Å². The quantitative estimate of drug-likeness (QED) is 0.725. The number of benzene rings is 2. The largest absolute Gasteiger partial charge is 0.493 e. The van der Waals surface area contributed by atoms with Crippen LogP contribution in [0, 0.1) is 6.92 Å². The number of Topliss-reactive ketones (excluding diaryl/α,β-unsaturated/α-hetero) is 1. The normalized spacial score (nSPS) is 11.5. The Labute approximate surface area is 142 Å². The predicted octanol–water partition coefficient (Wildman–Crippen LogP) is 3.67. The smallest absolute Gasteiger partial charge is 0.203 e. The van der Waals surface area contributed by atoms with Crippen molar-refractivity contribution < 1.29 is 23.7 Å². The van der Waals surface area contributed by atoms with Gasteiger partial charge in [0.05, 0.1) is 21.3 Å². The summed E-state index contributed by atoms with van der Waals surface area (Å²) in [5.74, 6) is 2.05. The molecule has 2 aromatic carbocycles. The fourth-order valence-corrected chi connectivity index (χ4v) is 2.34. The van der Waals surface area contributed by atoms with Crippen LogP contribution in [0.25, 0.3) is 0 Å². The molecule has 24 heavy (non-hydrogen) atoms. The second kappa shape index (κ2) is 7.73. The summed E-state index contributed by atoms with van der Waals surface area (Å²) in [6.45, 7) is 3.67. The molecule has 0 heterocycles. The first-order valence-corrected chi connectivity index (χ1v) is 7.57. The van der Waals surface area contributed by atoms with Crippen molar-refractivity contribution in [3.8, 4) is 23.0 Å². The van der Waals surface area contributed by atoms with Crippen LogP contribution in [0.15, 0.2) is 36.4 Å². The maximum atomic E-state index is 12.6. The van der Waals surface area contributed by atoms with Crippen molar-refractivity contribution in [1.29, 1.82) is 0 Å². The Morgan fingerprint density at radius 2 is 1.42 bits per heavy atom. The molecule has 0 radical (unpaired) electrons. The fourth-order valence-electron chi connectivity index (χ4n) is 2.34. The van der Waals surface area contributed by atoms with Gasteiger partial charge in [-0.3, -0.25) is 4.79 Å². The lowest BCUT2D eigenvalue weighted by Crippen LogP contribution is -2.24. The van der Waals surface area contributed by atoms with E-state index in [4.69, 9.17) is 18.9 Å². The number of hydrogen-bond acceptors (Lipinski definition) is 5. The molecule has 0 saturated heterocycles. The average Bonchev–Trinajstić information content (AvgIpc) is 2.61. The van der Waals surface area contributed by atoms with Gasteiger partial charge in [-0.05, 0) is 49.7 Å². The van der Waals surface area contributed by atoms with Crippen molar-refractivity contribution in [2.45, 2.75) is 20.0 Å². The van der Waals surface area contributed by atoms with Gasteiger partial charge >= 0.3 is 0 Å². The van der Waals surface area contributed by atoms with E-state index in [9.17, 15) is 4.79 Å². The van der Waals surface area contributed by atoms with Crippen LogP contribution in [0.1, 0.15) is 22.8 Å². The predicted molar refractivity (Wildman–Crippen MR) is 91.7 cm³/mol. The molecule has 2 aromatic rings. The first kappa shape index (κ1) is 17.7. The molecule has 0 bridgehead atoms. The third-order valence-electron chi connectivity index (χ3n) is 3.66. The number of rotatable bonds is 7. The van der Waals surface area contributed by atoms with E-state index in [-0.39, 0.29) is 5.78 Å². The van der Waals surface area contributed by atoms with Gasteiger partial charge in [-0.25, -0.2) is 0 Å². The lowest BCUT2D eigenvalue weighted by Gasteiger charge is -2.17. The Balaban J connectivity index is 2.21. The zero-order chi connectivity index (χ0) is 17.7. The van der Waals surface area contributed by atoms with Crippen LogP contribution < -0.4 is 18.9 Å². The van der Waals surface area contributed by atoms with Crippen LogP contribution in [0.3, 0.4) is 0 Å².